The van der Waals surface area contributed by atoms with E-state index in [-0.39, 0.29) is 11.7 Å². The average Bonchev–Trinajstić information content (AvgIpc) is 2.58. The molecular weight excluding hydrogens is 244 g/mol. The van der Waals surface area contributed by atoms with Crippen LogP contribution < -0.4 is 16.0 Å². The van der Waals surface area contributed by atoms with Crippen molar-refractivity contribution in [2.24, 2.45) is 0 Å². The van der Waals surface area contributed by atoms with E-state index in [0.29, 0.717) is 12.4 Å². The first kappa shape index (κ1) is 12.2. The van der Waals surface area contributed by atoms with Gasteiger partial charge < -0.3 is 15.8 Å². The zero-order valence-electron chi connectivity index (χ0n) is 10.8. The van der Waals surface area contributed by atoms with Crippen LogP contribution in [-0.4, -0.2) is 36.3 Å². The monoisotopic (exact) mass is 262 g/mol. The van der Waals surface area contributed by atoms with Crippen molar-refractivity contribution in [2.45, 2.75) is 24.9 Å². The number of hydrogen-bond acceptors (Lipinski definition) is 5. The average molecular weight is 262 g/mol. The molecule has 0 radical (unpaired) electrons. The van der Waals surface area contributed by atoms with Gasteiger partial charge >= 0.3 is 6.09 Å². The van der Waals surface area contributed by atoms with E-state index in [0.717, 1.165) is 38.0 Å². The van der Waals surface area contributed by atoms with Gasteiger partial charge in [-0.3, -0.25) is 4.90 Å². The van der Waals surface area contributed by atoms with E-state index in [9.17, 15) is 4.79 Å². The molecule has 1 aromatic heterocycles. The molecule has 0 bridgehead atoms. The molecule has 6 nitrogen and oxygen atoms in total. The zero-order valence-corrected chi connectivity index (χ0v) is 10.8. The standard InChI is InChI=1S/C13H18N4O2/c14-11-3-2-10(8-16-11)17-9-13(19-12(17)18)4-1-6-15-7-5-13/h2-3,8,15H,1,4-7,9H2,(H2,14,16)/t13-/m1/s1. The third-order valence-corrected chi connectivity index (χ3v) is 3.80. The summed E-state index contributed by atoms with van der Waals surface area (Å²) in [5.41, 5.74) is 5.96. The van der Waals surface area contributed by atoms with Crippen molar-refractivity contribution >= 4 is 17.6 Å². The number of ether oxygens (including phenoxy) is 1. The van der Waals surface area contributed by atoms with Crippen molar-refractivity contribution in [1.29, 1.82) is 0 Å². The summed E-state index contributed by atoms with van der Waals surface area (Å²) in [6.45, 7) is 2.48. The summed E-state index contributed by atoms with van der Waals surface area (Å²) in [6, 6.07) is 3.50. The van der Waals surface area contributed by atoms with E-state index < -0.39 is 0 Å². The van der Waals surface area contributed by atoms with Gasteiger partial charge in [-0.1, -0.05) is 0 Å². The summed E-state index contributed by atoms with van der Waals surface area (Å²) >= 11 is 0. The molecule has 0 unspecified atom stereocenters. The molecule has 3 N–H and O–H groups in total. The van der Waals surface area contributed by atoms with E-state index in [4.69, 9.17) is 10.5 Å². The van der Waals surface area contributed by atoms with Crippen molar-refractivity contribution in [1.82, 2.24) is 10.3 Å². The lowest BCUT2D eigenvalue weighted by molar-refractivity contribution is 0.0470. The molecule has 1 atom stereocenters. The number of anilines is 2. The number of pyridine rings is 1. The number of nitrogens with one attached hydrogen (secondary N) is 1. The largest absolute Gasteiger partial charge is 0.441 e. The van der Waals surface area contributed by atoms with E-state index in [1.807, 2.05) is 0 Å². The fraction of sp³-hybridized carbons (Fsp3) is 0.538. The van der Waals surface area contributed by atoms with Crippen molar-refractivity contribution in [2.75, 3.05) is 30.3 Å². The van der Waals surface area contributed by atoms with Crippen molar-refractivity contribution in [3.05, 3.63) is 18.3 Å². The maximum absolute atomic E-state index is 12.1. The number of carbonyl (C=O) groups excluding carboxylic acids is 1. The van der Waals surface area contributed by atoms with Crippen LogP contribution in [0.25, 0.3) is 0 Å². The van der Waals surface area contributed by atoms with Gasteiger partial charge in [0.25, 0.3) is 0 Å². The first-order chi connectivity index (χ1) is 9.19. The van der Waals surface area contributed by atoms with Gasteiger partial charge in [0.15, 0.2) is 0 Å². The van der Waals surface area contributed by atoms with Gasteiger partial charge in [0, 0.05) is 6.42 Å². The lowest BCUT2D eigenvalue weighted by Crippen LogP contribution is -2.35. The van der Waals surface area contributed by atoms with E-state index >= 15 is 0 Å². The van der Waals surface area contributed by atoms with Crippen molar-refractivity contribution < 1.29 is 9.53 Å². The molecule has 2 aliphatic rings. The molecule has 1 aromatic rings. The van der Waals surface area contributed by atoms with Crippen LogP contribution in [0.15, 0.2) is 18.3 Å². The lowest BCUT2D eigenvalue weighted by Gasteiger charge is -2.24. The Labute approximate surface area is 111 Å². The molecule has 0 aromatic carbocycles. The number of aromatic nitrogens is 1. The highest BCUT2D eigenvalue weighted by molar-refractivity contribution is 5.90. The first-order valence-electron chi connectivity index (χ1n) is 6.61. The highest BCUT2D eigenvalue weighted by Gasteiger charge is 2.45. The third-order valence-electron chi connectivity index (χ3n) is 3.80. The second kappa shape index (κ2) is 4.70. The first-order valence-corrected chi connectivity index (χ1v) is 6.61. The molecule has 3 heterocycles. The third kappa shape index (κ3) is 2.35. The Kier molecular flexibility index (Phi) is 3.02. The summed E-state index contributed by atoms with van der Waals surface area (Å²) in [7, 11) is 0. The molecule has 19 heavy (non-hydrogen) atoms. The van der Waals surface area contributed by atoms with Gasteiger partial charge in [-0.25, -0.2) is 9.78 Å². The molecule has 1 spiro atoms. The van der Waals surface area contributed by atoms with Crippen LogP contribution in [0.1, 0.15) is 19.3 Å². The topological polar surface area (TPSA) is 80.5 Å². The Morgan fingerprint density at radius 3 is 3.05 bits per heavy atom. The Morgan fingerprint density at radius 1 is 1.37 bits per heavy atom. The summed E-state index contributed by atoms with van der Waals surface area (Å²) in [5, 5.41) is 3.34. The molecule has 102 valence electrons. The predicted octanol–water partition coefficient (Wildman–Crippen LogP) is 1.13. The van der Waals surface area contributed by atoms with E-state index in [1.54, 1.807) is 23.2 Å². The van der Waals surface area contributed by atoms with Crippen LogP contribution in [-0.2, 0) is 4.74 Å². The fourth-order valence-corrected chi connectivity index (χ4v) is 2.74. The number of rotatable bonds is 1. The SMILES string of the molecule is Nc1ccc(N2C[C@]3(CCCNCC3)OC2=O)cn1. The number of carbonyl (C=O) groups is 1. The molecule has 2 aliphatic heterocycles. The van der Waals surface area contributed by atoms with E-state index in [1.165, 1.54) is 0 Å². The van der Waals surface area contributed by atoms with Crippen molar-refractivity contribution in [3.63, 3.8) is 0 Å². The normalized spacial score (nSPS) is 27.4. The molecule has 0 aliphatic carbocycles. The molecule has 2 fully saturated rings. The maximum Gasteiger partial charge on any atom is 0.415 e. The zero-order chi connectivity index (χ0) is 13.3. The molecule has 6 heteroatoms. The molecular formula is C13H18N4O2. The van der Waals surface area contributed by atoms with Gasteiger partial charge in [-0.15, -0.1) is 0 Å². The summed E-state index contributed by atoms with van der Waals surface area (Å²) in [4.78, 5) is 17.7. The van der Waals surface area contributed by atoms with Gasteiger partial charge in [0.05, 0.1) is 18.4 Å². The molecule has 3 rings (SSSR count). The number of nitrogens with zero attached hydrogens (tertiary/aromatic N) is 2. The van der Waals surface area contributed by atoms with Crippen LogP contribution in [0.5, 0.6) is 0 Å². The number of amides is 1. The highest BCUT2D eigenvalue weighted by atomic mass is 16.6. The number of hydrogen-bond donors (Lipinski definition) is 2. The minimum Gasteiger partial charge on any atom is -0.441 e. The van der Waals surface area contributed by atoms with Gasteiger partial charge in [0.1, 0.15) is 11.4 Å². The minimum absolute atomic E-state index is 0.284. The molecule has 0 saturated carbocycles. The highest BCUT2D eigenvalue weighted by Crippen LogP contribution is 2.34. The summed E-state index contributed by atoms with van der Waals surface area (Å²) in [5.74, 6) is 0.449. The molecule has 1 amide bonds. The second-order valence-electron chi connectivity index (χ2n) is 5.18. The van der Waals surface area contributed by atoms with E-state index in [2.05, 4.69) is 10.3 Å². The van der Waals surface area contributed by atoms with Crippen LogP contribution in [0.4, 0.5) is 16.3 Å². The minimum atomic E-state index is -0.345. The van der Waals surface area contributed by atoms with Gasteiger partial charge in [-0.05, 0) is 38.1 Å². The van der Waals surface area contributed by atoms with Crippen LogP contribution in [0.2, 0.25) is 0 Å². The number of nitrogens with two attached hydrogens (primary N) is 1. The predicted molar refractivity (Wildman–Crippen MR) is 71.9 cm³/mol. The van der Waals surface area contributed by atoms with Crippen molar-refractivity contribution in [3.8, 4) is 0 Å². The van der Waals surface area contributed by atoms with Crippen LogP contribution in [0.3, 0.4) is 0 Å². The summed E-state index contributed by atoms with van der Waals surface area (Å²) < 4.78 is 5.66. The Bertz CT molecular complexity index is 466. The maximum atomic E-state index is 12.1. The Morgan fingerprint density at radius 2 is 2.26 bits per heavy atom. The molecule has 2 saturated heterocycles. The lowest BCUT2D eigenvalue weighted by atomic mass is 9.95. The fourth-order valence-electron chi connectivity index (χ4n) is 2.74. The smallest absolute Gasteiger partial charge is 0.415 e. The summed E-state index contributed by atoms with van der Waals surface area (Å²) in [6.07, 6.45) is 4.13. The Hall–Kier alpha value is -1.82. The van der Waals surface area contributed by atoms with Gasteiger partial charge in [-0.2, -0.15) is 0 Å². The second-order valence-corrected chi connectivity index (χ2v) is 5.18. The quantitative estimate of drug-likeness (QED) is 0.793. The van der Waals surface area contributed by atoms with Crippen LogP contribution >= 0.6 is 0 Å². The number of nitrogen functional groups attached to an aromatic ring is 1. The van der Waals surface area contributed by atoms with Gasteiger partial charge in [0.2, 0.25) is 0 Å². The van der Waals surface area contributed by atoms with Crippen LogP contribution in [0, 0.1) is 0 Å². The Balaban J connectivity index is 1.81.